The number of carbonyl (C=O) groups excluding carboxylic acids is 1. The number of hydrogen-bond donors (Lipinski definition) is 2. The summed E-state index contributed by atoms with van der Waals surface area (Å²) < 4.78 is 0. The number of aliphatic imine (C=N–C) groups is 1. The van der Waals surface area contributed by atoms with Gasteiger partial charge in [0.2, 0.25) is 0 Å². The summed E-state index contributed by atoms with van der Waals surface area (Å²) in [5.41, 5.74) is 2.86. The van der Waals surface area contributed by atoms with E-state index < -0.39 is 0 Å². The van der Waals surface area contributed by atoms with E-state index >= 15 is 0 Å². The standard InChI is InChI=1S/C23H32N6O.HI/c1-4-24-23(26-15-18-7-10-20(11-8-18)22(30)28(2)3)27-17-19-9-12-21(25-16-19)29-13-5-6-14-29;/h7-12,16H,4-6,13-15,17H2,1-3H3,(H2,24,26,27);1H. The summed E-state index contributed by atoms with van der Waals surface area (Å²) in [6.07, 6.45) is 4.42. The maximum atomic E-state index is 12.0. The molecule has 8 heteroatoms. The highest BCUT2D eigenvalue weighted by Crippen LogP contribution is 2.17. The summed E-state index contributed by atoms with van der Waals surface area (Å²) in [5.74, 6) is 1.82. The smallest absolute Gasteiger partial charge is 0.253 e. The van der Waals surface area contributed by atoms with Crippen LogP contribution >= 0.6 is 24.0 Å². The molecule has 1 aliphatic rings. The van der Waals surface area contributed by atoms with Gasteiger partial charge >= 0.3 is 0 Å². The Bertz CT molecular complexity index is 845. The molecule has 1 fully saturated rings. The van der Waals surface area contributed by atoms with Crippen molar-refractivity contribution in [2.24, 2.45) is 4.99 Å². The first kappa shape index (κ1) is 24.9. The second-order valence-corrected chi connectivity index (χ2v) is 7.66. The first-order chi connectivity index (χ1) is 14.6. The number of rotatable bonds is 7. The van der Waals surface area contributed by atoms with E-state index in [2.05, 4.69) is 37.6 Å². The van der Waals surface area contributed by atoms with Crippen LogP contribution in [-0.4, -0.2) is 55.5 Å². The summed E-state index contributed by atoms with van der Waals surface area (Å²) in [4.78, 5) is 25.2. The lowest BCUT2D eigenvalue weighted by Gasteiger charge is -2.16. The number of nitrogens with one attached hydrogen (secondary N) is 2. The lowest BCUT2D eigenvalue weighted by atomic mass is 10.1. The fourth-order valence-electron chi connectivity index (χ4n) is 3.36. The average molecular weight is 536 g/mol. The van der Waals surface area contributed by atoms with Gasteiger partial charge in [0.1, 0.15) is 5.82 Å². The Balaban J connectivity index is 0.00000341. The van der Waals surface area contributed by atoms with Gasteiger partial charge in [0.25, 0.3) is 5.91 Å². The van der Waals surface area contributed by atoms with Crippen LogP contribution in [-0.2, 0) is 13.1 Å². The van der Waals surface area contributed by atoms with Crippen LogP contribution in [0.5, 0.6) is 0 Å². The quantitative estimate of drug-likeness (QED) is 0.323. The fraction of sp³-hybridized carbons (Fsp3) is 0.435. The molecule has 1 amide bonds. The number of hydrogen-bond acceptors (Lipinski definition) is 4. The average Bonchev–Trinajstić information content (AvgIpc) is 3.31. The van der Waals surface area contributed by atoms with E-state index in [0.717, 1.165) is 42.5 Å². The summed E-state index contributed by atoms with van der Waals surface area (Å²) >= 11 is 0. The molecule has 168 valence electrons. The summed E-state index contributed by atoms with van der Waals surface area (Å²) in [5, 5.41) is 6.62. The van der Waals surface area contributed by atoms with E-state index in [1.807, 2.05) is 37.4 Å². The fourth-order valence-corrected chi connectivity index (χ4v) is 3.36. The number of benzene rings is 1. The predicted octanol–water partition coefficient (Wildman–Crippen LogP) is 3.26. The number of aromatic nitrogens is 1. The van der Waals surface area contributed by atoms with Crippen molar-refractivity contribution in [1.82, 2.24) is 20.5 Å². The monoisotopic (exact) mass is 536 g/mol. The molecule has 0 unspecified atom stereocenters. The number of nitrogens with zero attached hydrogens (tertiary/aromatic N) is 4. The molecule has 0 radical (unpaired) electrons. The minimum Gasteiger partial charge on any atom is -0.357 e. The van der Waals surface area contributed by atoms with Crippen molar-refractivity contribution < 1.29 is 4.79 Å². The Hall–Kier alpha value is -2.36. The molecule has 0 saturated carbocycles. The van der Waals surface area contributed by atoms with Crippen LogP contribution in [0, 0.1) is 0 Å². The van der Waals surface area contributed by atoms with Crippen molar-refractivity contribution in [3.63, 3.8) is 0 Å². The summed E-state index contributed by atoms with van der Waals surface area (Å²) in [6.45, 7) is 6.24. The Morgan fingerprint density at radius 2 is 1.74 bits per heavy atom. The third-order valence-electron chi connectivity index (χ3n) is 5.07. The van der Waals surface area contributed by atoms with Crippen LogP contribution in [0.25, 0.3) is 0 Å². The van der Waals surface area contributed by atoms with Gasteiger partial charge in [0, 0.05) is 52.0 Å². The number of pyridine rings is 1. The van der Waals surface area contributed by atoms with Gasteiger partial charge in [-0.1, -0.05) is 18.2 Å². The molecule has 3 rings (SSSR count). The SMILES string of the molecule is CCNC(=NCc1ccc(N2CCCC2)nc1)NCc1ccc(C(=O)N(C)C)cc1.I. The molecule has 0 spiro atoms. The van der Waals surface area contributed by atoms with Crippen LogP contribution in [0.4, 0.5) is 5.82 Å². The molecule has 31 heavy (non-hydrogen) atoms. The normalized spacial score (nSPS) is 13.5. The third kappa shape index (κ3) is 7.37. The van der Waals surface area contributed by atoms with E-state index in [0.29, 0.717) is 18.7 Å². The molecule has 1 aromatic heterocycles. The lowest BCUT2D eigenvalue weighted by Crippen LogP contribution is -2.36. The molecule has 1 aromatic carbocycles. The van der Waals surface area contributed by atoms with Crippen molar-refractivity contribution in [1.29, 1.82) is 0 Å². The Morgan fingerprint density at radius 3 is 2.32 bits per heavy atom. The largest absolute Gasteiger partial charge is 0.357 e. The number of amides is 1. The zero-order valence-corrected chi connectivity index (χ0v) is 20.9. The maximum Gasteiger partial charge on any atom is 0.253 e. The van der Waals surface area contributed by atoms with Crippen LogP contribution in [0.2, 0.25) is 0 Å². The molecular weight excluding hydrogens is 503 g/mol. The topological polar surface area (TPSA) is 72.9 Å². The van der Waals surface area contributed by atoms with Crippen LogP contribution in [0.15, 0.2) is 47.6 Å². The van der Waals surface area contributed by atoms with E-state index in [9.17, 15) is 4.79 Å². The summed E-state index contributed by atoms with van der Waals surface area (Å²) in [6, 6.07) is 11.8. The van der Waals surface area contributed by atoms with Crippen molar-refractivity contribution >= 4 is 41.7 Å². The van der Waals surface area contributed by atoms with Crippen LogP contribution in [0.3, 0.4) is 0 Å². The first-order valence-electron chi connectivity index (χ1n) is 10.6. The molecule has 0 aliphatic carbocycles. The van der Waals surface area contributed by atoms with Gasteiger partial charge in [-0.25, -0.2) is 9.98 Å². The first-order valence-corrected chi connectivity index (χ1v) is 10.6. The lowest BCUT2D eigenvalue weighted by molar-refractivity contribution is 0.0827. The van der Waals surface area contributed by atoms with Gasteiger partial charge < -0.3 is 20.4 Å². The van der Waals surface area contributed by atoms with Gasteiger partial charge in [-0.2, -0.15) is 0 Å². The second kappa shape index (κ2) is 12.5. The number of guanidine groups is 1. The highest BCUT2D eigenvalue weighted by atomic mass is 127. The molecule has 2 heterocycles. The van der Waals surface area contributed by atoms with Gasteiger partial charge in [0.05, 0.1) is 6.54 Å². The minimum atomic E-state index is 0. The third-order valence-corrected chi connectivity index (χ3v) is 5.07. The zero-order valence-electron chi connectivity index (χ0n) is 18.6. The molecule has 0 atom stereocenters. The highest BCUT2D eigenvalue weighted by molar-refractivity contribution is 14.0. The van der Waals surface area contributed by atoms with Crippen molar-refractivity contribution in [3.05, 3.63) is 59.3 Å². The molecule has 0 bridgehead atoms. The Labute approximate surface area is 202 Å². The predicted molar refractivity (Wildman–Crippen MR) is 137 cm³/mol. The van der Waals surface area contributed by atoms with E-state index in [1.165, 1.54) is 12.8 Å². The Morgan fingerprint density at radius 1 is 1.06 bits per heavy atom. The number of halogens is 1. The van der Waals surface area contributed by atoms with Crippen molar-refractivity contribution in [3.8, 4) is 0 Å². The van der Waals surface area contributed by atoms with E-state index in [4.69, 9.17) is 0 Å². The van der Waals surface area contributed by atoms with Crippen molar-refractivity contribution in [2.75, 3.05) is 38.6 Å². The molecule has 1 aliphatic heterocycles. The highest BCUT2D eigenvalue weighted by Gasteiger charge is 2.13. The Kier molecular flexibility index (Phi) is 10.0. The molecular formula is C23H33IN6O. The number of anilines is 1. The molecule has 2 aromatic rings. The van der Waals surface area contributed by atoms with Gasteiger partial charge in [-0.3, -0.25) is 4.79 Å². The van der Waals surface area contributed by atoms with Gasteiger partial charge in [-0.05, 0) is 49.1 Å². The van der Waals surface area contributed by atoms with E-state index in [1.54, 1.807) is 19.0 Å². The molecule has 2 N–H and O–H groups in total. The minimum absolute atomic E-state index is 0. The second-order valence-electron chi connectivity index (χ2n) is 7.66. The van der Waals surface area contributed by atoms with Gasteiger partial charge in [-0.15, -0.1) is 24.0 Å². The number of carbonyl (C=O) groups is 1. The van der Waals surface area contributed by atoms with Gasteiger partial charge in [0.15, 0.2) is 5.96 Å². The molecule has 7 nitrogen and oxygen atoms in total. The summed E-state index contributed by atoms with van der Waals surface area (Å²) in [7, 11) is 3.51. The zero-order chi connectivity index (χ0) is 21.3. The maximum absolute atomic E-state index is 12.0. The molecule has 1 saturated heterocycles. The van der Waals surface area contributed by atoms with Crippen LogP contribution in [0.1, 0.15) is 41.3 Å². The van der Waals surface area contributed by atoms with E-state index in [-0.39, 0.29) is 29.9 Å². The van der Waals surface area contributed by atoms with Crippen molar-refractivity contribution in [2.45, 2.75) is 32.9 Å². The van der Waals surface area contributed by atoms with Crippen LogP contribution < -0.4 is 15.5 Å².